The number of carbonyl (C=O) groups excluding carboxylic acids is 3. The Morgan fingerprint density at radius 3 is 2.42 bits per heavy atom. The number of nitrogens with zero attached hydrogens (tertiary/aromatic N) is 2. The van der Waals surface area contributed by atoms with Crippen LogP contribution in [0.1, 0.15) is 35.3 Å². The third kappa shape index (κ3) is 9.12. The smallest absolute Gasteiger partial charge is 0.323 e. The molecule has 0 fully saturated rings. The second-order valence-corrected chi connectivity index (χ2v) is 13.8. The highest BCUT2D eigenvalue weighted by Crippen LogP contribution is 2.30. The minimum Gasteiger partial charge on any atom is -0.488 e. The molecule has 5 aromatic rings. The standard InChI is InChI=1S/C42H46N6O5/c1-27-23-48(28(2)26-49)40(50)22-32-21-33(44-42(52)46-36-14-8-10-30-9-4-5-11-34(30)36)19-20-38(32)53-39(27)25-47(3)24-29-15-17-31(18-16-29)41(51)45-37-13-7-6-12-35(37)43/h4-21,27-28,39,49H,22-26,43H2,1-3H3,(H,45,51)(H2,44,46,52)/t27-,28+,39-/m0/s1. The summed E-state index contributed by atoms with van der Waals surface area (Å²) < 4.78 is 6.69. The number of carbonyl (C=O) groups is 3. The molecule has 0 radical (unpaired) electrons. The highest BCUT2D eigenvalue weighted by atomic mass is 16.5. The maximum atomic E-state index is 13.7. The lowest BCUT2D eigenvalue weighted by Gasteiger charge is -2.34. The third-order valence-electron chi connectivity index (χ3n) is 9.58. The second kappa shape index (κ2) is 16.6. The number of anilines is 4. The fourth-order valence-electron chi connectivity index (χ4n) is 6.59. The number of aliphatic hydroxyl groups is 1. The van der Waals surface area contributed by atoms with E-state index in [1.807, 2.05) is 87.6 Å². The van der Waals surface area contributed by atoms with Crippen LogP contribution in [0, 0.1) is 5.92 Å². The van der Waals surface area contributed by atoms with Gasteiger partial charge in [0.25, 0.3) is 5.91 Å². The summed E-state index contributed by atoms with van der Waals surface area (Å²) in [4.78, 5) is 43.5. The minimum absolute atomic E-state index is 0.0478. The summed E-state index contributed by atoms with van der Waals surface area (Å²) in [7, 11) is 2.00. The molecule has 0 spiro atoms. The van der Waals surface area contributed by atoms with Crippen LogP contribution < -0.4 is 26.4 Å². The SMILES string of the molecule is C[C@H](CO)N1C[C@H](C)[C@H](CN(C)Cc2ccc(C(=O)Nc3ccccc3N)cc2)Oc2ccc(NC(=O)Nc3cccc4ccccc34)cc2CC1=O. The Morgan fingerprint density at radius 2 is 1.64 bits per heavy atom. The summed E-state index contributed by atoms with van der Waals surface area (Å²) in [6, 6.07) is 32.7. The number of ether oxygens (including phenoxy) is 1. The Morgan fingerprint density at radius 1 is 0.925 bits per heavy atom. The molecule has 53 heavy (non-hydrogen) atoms. The van der Waals surface area contributed by atoms with E-state index in [-0.39, 0.29) is 42.9 Å². The van der Waals surface area contributed by atoms with E-state index in [4.69, 9.17) is 10.5 Å². The van der Waals surface area contributed by atoms with Crippen molar-refractivity contribution >= 4 is 51.4 Å². The average molecular weight is 715 g/mol. The minimum atomic E-state index is -0.408. The fourth-order valence-corrected chi connectivity index (χ4v) is 6.59. The van der Waals surface area contributed by atoms with Crippen molar-refractivity contribution in [2.75, 3.05) is 48.4 Å². The maximum absolute atomic E-state index is 13.7. The van der Waals surface area contributed by atoms with E-state index in [2.05, 4.69) is 20.9 Å². The number of nitrogen functional groups attached to an aromatic ring is 1. The molecule has 1 aliphatic rings. The van der Waals surface area contributed by atoms with Gasteiger partial charge in [-0.2, -0.15) is 0 Å². The summed E-state index contributed by atoms with van der Waals surface area (Å²) in [6.07, 6.45) is -0.264. The van der Waals surface area contributed by atoms with Crippen LogP contribution in [-0.4, -0.2) is 71.6 Å². The first-order valence-corrected chi connectivity index (χ1v) is 17.8. The Balaban J connectivity index is 1.16. The molecule has 274 valence electrons. The molecule has 0 saturated carbocycles. The molecule has 6 rings (SSSR count). The van der Waals surface area contributed by atoms with Crippen LogP contribution in [0.5, 0.6) is 5.75 Å². The number of benzene rings is 5. The van der Waals surface area contributed by atoms with E-state index in [1.165, 1.54) is 0 Å². The van der Waals surface area contributed by atoms with Crippen molar-refractivity contribution in [1.29, 1.82) is 0 Å². The molecular weight excluding hydrogens is 668 g/mol. The summed E-state index contributed by atoms with van der Waals surface area (Å²) in [5.41, 5.74) is 10.4. The highest BCUT2D eigenvalue weighted by Gasteiger charge is 2.31. The zero-order valence-electron chi connectivity index (χ0n) is 30.2. The van der Waals surface area contributed by atoms with Gasteiger partial charge in [0.15, 0.2) is 0 Å². The van der Waals surface area contributed by atoms with Gasteiger partial charge in [-0.15, -0.1) is 0 Å². The lowest BCUT2D eigenvalue weighted by Crippen LogP contribution is -2.47. The number of aliphatic hydroxyl groups excluding tert-OH is 1. The molecule has 3 atom stereocenters. The van der Waals surface area contributed by atoms with Crippen LogP contribution >= 0.6 is 0 Å². The zero-order valence-corrected chi connectivity index (χ0v) is 30.2. The van der Waals surface area contributed by atoms with Gasteiger partial charge in [0.2, 0.25) is 5.91 Å². The van der Waals surface area contributed by atoms with E-state index in [0.717, 1.165) is 16.3 Å². The molecule has 11 heteroatoms. The van der Waals surface area contributed by atoms with Crippen LogP contribution in [0.15, 0.2) is 109 Å². The Labute approximate surface area is 309 Å². The number of nitrogens with two attached hydrogens (primary N) is 1. The van der Waals surface area contributed by atoms with Crippen molar-refractivity contribution in [3.05, 3.63) is 126 Å². The number of fused-ring (bicyclic) bond motifs is 2. The molecule has 1 aliphatic heterocycles. The van der Waals surface area contributed by atoms with Gasteiger partial charge in [-0.05, 0) is 73.5 Å². The first kappa shape index (κ1) is 36.9. The zero-order chi connectivity index (χ0) is 37.5. The van der Waals surface area contributed by atoms with Gasteiger partial charge in [-0.25, -0.2) is 4.79 Å². The van der Waals surface area contributed by atoms with E-state index in [0.29, 0.717) is 59.3 Å². The highest BCUT2D eigenvalue weighted by molar-refractivity contribution is 6.07. The maximum Gasteiger partial charge on any atom is 0.323 e. The summed E-state index contributed by atoms with van der Waals surface area (Å²) in [5.74, 6) is 0.113. The topological polar surface area (TPSA) is 149 Å². The van der Waals surface area contributed by atoms with Crippen molar-refractivity contribution < 1.29 is 24.2 Å². The van der Waals surface area contributed by atoms with Gasteiger partial charge in [0.05, 0.1) is 36.1 Å². The molecule has 6 N–H and O–H groups in total. The van der Waals surface area contributed by atoms with Crippen molar-refractivity contribution in [3.8, 4) is 5.75 Å². The number of para-hydroxylation sites is 2. The fraction of sp³-hybridized carbons (Fsp3) is 0.262. The van der Waals surface area contributed by atoms with Crippen molar-refractivity contribution in [3.63, 3.8) is 0 Å². The number of likely N-dealkylation sites (N-methyl/N-ethyl adjacent to an activating group) is 1. The quantitative estimate of drug-likeness (QED) is 0.102. The van der Waals surface area contributed by atoms with Crippen LogP contribution in [0.2, 0.25) is 0 Å². The second-order valence-electron chi connectivity index (χ2n) is 13.8. The van der Waals surface area contributed by atoms with Crippen LogP contribution in [0.3, 0.4) is 0 Å². The first-order valence-electron chi connectivity index (χ1n) is 17.8. The summed E-state index contributed by atoms with van der Waals surface area (Å²) in [6.45, 7) is 5.26. The Bertz CT molecular complexity index is 2080. The van der Waals surface area contributed by atoms with E-state index in [9.17, 15) is 19.5 Å². The monoisotopic (exact) mass is 714 g/mol. The van der Waals surface area contributed by atoms with Gasteiger partial charge in [0.1, 0.15) is 11.9 Å². The van der Waals surface area contributed by atoms with E-state index < -0.39 is 6.03 Å². The van der Waals surface area contributed by atoms with Gasteiger partial charge in [-0.3, -0.25) is 14.5 Å². The third-order valence-corrected chi connectivity index (χ3v) is 9.58. The summed E-state index contributed by atoms with van der Waals surface area (Å²) in [5, 5.41) is 20.7. The van der Waals surface area contributed by atoms with Crippen LogP contribution in [-0.2, 0) is 17.8 Å². The van der Waals surface area contributed by atoms with Gasteiger partial charge < -0.3 is 36.4 Å². The predicted octanol–water partition coefficient (Wildman–Crippen LogP) is 6.60. The molecular formula is C42H46N6O5. The number of hydrogen-bond acceptors (Lipinski definition) is 7. The Hall–Kier alpha value is -5.91. The molecule has 0 unspecified atom stereocenters. The molecule has 0 saturated heterocycles. The molecule has 0 bridgehead atoms. The largest absolute Gasteiger partial charge is 0.488 e. The molecule has 5 aromatic carbocycles. The normalized spacial score (nSPS) is 16.5. The molecule has 11 nitrogen and oxygen atoms in total. The predicted molar refractivity (Wildman–Crippen MR) is 210 cm³/mol. The van der Waals surface area contributed by atoms with Crippen molar-refractivity contribution in [2.24, 2.45) is 5.92 Å². The lowest BCUT2D eigenvalue weighted by atomic mass is 10.0. The first-order chi connectivity index (χ1) is 25.6. The number of rotatable bonds is 10. The van der Waals surface area contributed by atoms with Gasteiger partial charge >= 0.3 is 6.03 Å². The molecule has 0 aromatic heterocycles. The van der Waals surface area contributed by atoms with E-state index >= 15 is 0 Å². The number of amides is 4. The van der Waals surface area contributed by atoms with Crippen LogP contribution in [0.4, 0.5) is 27.5 Å². The molecule has 0 aliphatic carbocycles. The average Bonchev–Trinajstić information content (AvgIpc) is 3.19. The molecule has 4 amide bonds. The van der Waals surface area contributed by atoms with Crippen molar-refractivity contribution in [1.82, 2.24) is 9.80 Å². The van der Waals surface area contributed by atoms with Gasteiger partial charge in [-0.1, -0.05) is 67.6 Å². The van der Waals surface area contributed by atoms with Gasteiger partial charge in [0, 0.05) is 47.8 Å². The van der Waals surface area contributed by atoms with Crippen molar-refractivity contribution in [2.45, 2.75) is 39.0 Å². The Kier molecular flexibility index (Phi) is 11.6. The van der Waals surface area contributed by atoms with Crippen LogP contribution in [0.25, 0.3) is 10.8 Å². The van der Waals surface area contributed by atoms with E-state index in [1.54, 1.807) is 47.4 Å². The number of urea groups is 1. The lowest BCUT2D eigenvalue weighted by molar-refractivity contribution is -0.134. The number of nitrogens with one attached hydrogen (secondary N) is 3. The molecule has 1 heterocycles. The number of hydrogen-bond donors (Lipinski definition) is 5. The summed E-state index contributed by atoms with van der Waals surface area (Å²) >= 11 is 0.